The van der Waals surface area contributed by atoms with Crippen molar-refractivity contribution >= 4 is 40.3 Å². The van der Waals surface area contributed by atoms with Gasteiger partial charge in [0, 0.05) is 34.3 Å². The van der Waals surface area contributed by atoms with E-state index in [1.165, 1.54) is 11.8 Å². The summed E-state index contributed by atoms with van der Waals surface area (Å²) in [5.41, 5.74) is 3.68. The number of carbonyl (C=O) groups is 3. The van der Waals surface area contributed by atoms with Crippen molar-refractivity contribution in [2.75, 3.05) is 6.61 Å². The summed E-state index contributed by atoms with van der Waals surface area (Å²) in [6.45, 7) is 4.52. The molecule has 6 nitrogen and oxygen atoms in total. The van der Waals surface area contributed by atoms with Crippen LogP contribution in [0.2, 0.25) is 0 Å². The lowest BCUT2D eigenvalue weighted by Crippen LogP contribution is -2.31. The SMILES string of the molecule is CCOC(=O)C1=C(NC(=O)C(=O)c2c(C)n(Cc3ccccc3)c3ccccc23)S[C@@H]2CCCC[C@@H]12. The molecule has 0 spiro atoms. The second-order valence-electron chi connectivity index (χ2n) is 9.34. The summed E-state index contributed by atoms with van der Waals surface area (Å²) < 4.78 is 7.40. The van der Waals surface area contributed by atoms with Crippen LogP contribution >= 0.6 is 11.8 Å². The van der Waals surface area contributed by atoms with E-state index in [-0.39, 0.29) is 17.8 Å². The second kappa shape index (κ2) is 10.3. The largest absolute Gasteiger partial charge is 0.463 e. The van der Waals surface area contributed by atoms with Gasteiger partial charge in [0.05, 0.1) is 22.8 Å². The summed E-state index contributed by atoms with van der Waals surface area (Å²) in [5.74, 6) is -1.65. The number of amides is 1. The van der Waals surface area contributed by atoms with Gasteiger partial charge < -0.3 is 14.6 Å². The number of hydrogen-bond acceptors (Lipinski definition) is 5. The number of para-hydroxylation sites is 1. The Hall–Kier alpha value is -3.32. The summed E-state index contributed by atoms with van der Waals surface area (Å²) in [7, 11) is 0. The van der Waals surface area contributed by atoms with Crippen LogP contribution in [0.1, 0.15) is 54.2 Å². The molecule has 1 N–H and O–H groups in total. The van der Waals surface area contributed by atoms with Gasteiger partial charge in [-0.3, -0.25) is 9.59 Å². The molecule has 1 aliphatic carbocycles. The van der Waals surface area contributed by atoms with Crippen LogP contribution < -0.4 is 5.32 Å². The third-order valence-corrected chi connectivity index (χ3v) is 8.58. The number of rotatable bonds is 7. The van der Waals surface area contributed by atoms with E-state index in [1.807, 2.05) is 61.5 Å². The fourth-order valence-electron chi connectivity index (χ4n) is 5.46. The van der Waals surface area contributed by atoms with E-state index in [2.05, 4.69) is 9.88 Å². The maximum absolute atomic E-state index is 13.6. The summed E-state index contributed by atoms with van der Waals surface area (Å²) in [4.78, 5) is 39.7. The minimum absolute atomic E-state index is 0.0581. The topological polar surface area (TPSA) is 77.4 Å². The molecule has 2 atom stereocenters. The van der Waals surface area contributed by atoms with E-state index >= 15 is 0 Å². The standard InChI is InChI=1S/C29H30N2O4S/c1-3-35-29(34)25-21-14-8-10-16-23(21)36-28(25)30-27(33)26(32)24-18(2)31(17-19-11-5-4-6-12-19)22-15-9-7-13-20(22)24/h4-7,9,11-13,15,21,23H,3,8,10,14,16-17H2,1-2H3,(H,30,33)/t21-,23-/m1/s1. The Morgan fingerprint density at radius 1 is 1.03 bits per heavy atom. The van der Waals surface area contributed by atoms with Crippen molar-refractivity contribution in [3.8, 4) is 0 Å². The number of nitrogens with one attached hydrogen (secondary N) is 1. The molecular formula is C29H30N2O4S. The van der Waals surface area contributed by atoms with Gasteiger partial charge in [-0.15, -0.1) is 11.8 Å². The van der Waals surface area contributed by atoms with Gasteiger partial charge in [0.1, 0.15) is 0 Å². The molecular weight excluding hydrogens is 472 g/mol. The third kappa shape index (κ3) is 4.48. The highest BCUT2D eigenvalue weighted by molar-refractivity contribution is 8.04. The van der Waals surface area contributed by atoms with Crippen LogP contribution in [-0.4, -0.2) is 34.1 Å². The van der Waals surface area contributed by atoms with E-state index in [0.29, 0.717) is 22.7 Å². The Kier molecular flexibility index (Phi) is 7.01. The molecule has 2 heterocycles. The number of nitrogens with zero attached hydrogens (tertiary/aromatic N) is 1. The Bertz CT molecular complexity index is 1360. The number of ketones is 1. The Labute approximate surface area is 215 Å². The lowest BCUT2D eigenvalue weighted by Gasteiger charge is -2.25. The maximum atomic E-state index is 13.6. The van der Waals surface area contributed by atoms with Crippen LogP contribution in [0.25, 0.3) is 10.9 Å². The lowest BCUT2D eigenvalue weighted by molar-refractivity contribution is -0.139. The number of Topliss-reactive ketones (excluding diaryl/α,β-unsaturated/α-hetero) is 1. The number of fused-ring (bicyclic) bond motifs is 2. The highest BCUT2D eigenvalue weighted by atomic mass is 32.2. The summed E-state index contributed by atoms with van der Waals surface area (Å²) in [6, 6.07) is 17.7. The molecule has 1 aliphatic heterocycles. The van der Waals surface area contributed by atoms with Crippen molar-refractivity contribution in [2.45, 2.75) is 51.3 Å². The minimum Gasteiger partial charge on any atom is -0.463 e. The van der Waals surface area contributed by atoms with E-state index < -0.39 is 17.7 Å². The van der Waals surface area contributed by atoms with Crippen LogP contribution in [0.5, 0.6) is 0 Å². The zero-order valence-corrected chi connectivity index (χ0v) is 21.4. The molecule has 1 aromatic heterocycles. The van der Waals surface area contributed by atoms with Gasteiger partial charge in [-0.2, -0.15) is 0 Å². The van der Waals surface area contributed by atoms with Gasteiger partial charge in [0.15, 0.2) is 0 Å². The van der Waals surface area contributed by atoms with Crippen molar-refractivity contribution in [3.05, 3.63) is 82.0 Å². The lowest BCUT2D eigenvalue weighted by atomic mass is 9.84. The highest BCUT2D eigenvalue weighted by Crippen LogP contribution is 2.48. The van der Waals surface area contributed by atoms with Gasteiger partial charge in [-0.1, -0.05) is 61.4 Å². The van der Waals surface area contributed by atoms with Gasteiger partial charge in [-0.05, 0) is 38.3 Å². The van der Waals surface area contributed by atoms with E-state index in [1.54, 1.807) is 6.92 Å². The zero-order chi connectivity index (χ0) is 25.2. The molecule has 0 unspecified atom stereocenters. The molecule has 7 heteroatoms. The van der Waals surface area contributed by atoms with Crippen molar-refractivity contribution < 1.29 is 19.1 Å². The molecule has 36 heavy (non-hydrogen) atoms. The molecule has 0 radical (unpaired) electrons. The predicted octanol–water partition coefficient (Wildman–Crippen LogP) is 5.38. The average molecular weight is 503 g/mol. The molecule has 0 saturated heterocycles. The van der Waals surface area contributed by atoms with Crippen molar-refractivity contribution in [1.29, 1.82) is 0 Å². The maximum Gasteiger partial charge on any atom is 0.336 e. The van der Waals surface area contributed by atoms with Gasteiger partial charge in [-0.25, -0.2) is 4.79 Å². The number of esters is 1. The van der Waals surface area contributed by atoms with E-state index in [9.17, 15) is 14.4 Å². The number of thioether (sulfide) groups is 1. The highest BCUT2D eigenvalue weighted by Gasteiger charge is 2.42. The molecule has 1 saturated carbocycles. The van der Waals surface area contributed by atoms with Gasteiger partial charge in [0.25, 0.3) is 11.7 Å². The normalized spacial score (nSPS) is 19.3. The summed E-state index contributed by atoms with van der Waals surface area (Å²) >= 11 is 1.50. The van der Waals surface area contributed by atoms with Crippen molar-refractivity contribution in [1.82, 2.24) is 9.88 Å². The first-order valence-corrected chi connectivity index (χ1v) is 13.4. The molecule has 2 aliphatic rings. The number of carbonyl (C=O) groups excluding carboxylic acids is 3. The van der Waals surface area contributed by atoms with Crippen LogP contribution in [-0.2, 0) is 20.9 Å². The van der Waals surface area contributed by atoms with Crippen molar-refractivity contribution in [3.63, 3.8) is 0 Å². The predicted molar refractivity (Wildman–Crippen MR) is 142 cm³/mol. The van der Waals surface area contributed by atoms with E-state index in [4.69, 9.17) is 4.74 Å². The van der Waals surface area contributed by atoms with Crippen LogP contribution in [0.3, 0.4) is 0 Å². The second-order valence-corrected chi connectivity index (χ2v) is 10.6. The number of aromatic nitrogens is 1. The minimum atomic E-state index is -0.719. The number of ether oxygens (including phenoxy) is 1. The quantitative estimate of drug-likeness (QED) is 0.267. The Morgan fingerprint density at radius 2 is 1.75 bits per heavy atom. The van der Waals surface area contributed by atoms with Crippen molar-refractivity contribution in [2.24, 2.45) is 5.92 Å². The summed E-state index contributed by atoms with van der Waals surface area (Å²) in [6.07, 6.45) is 4.03. The van der Waals surface area contributed by atoms with E-state index in [0.717, 1.165) is 47.8 Å². The molecule has 5 rings (SSSR count). The van der Waals surface area contributed by atoms with Gasteiger partial charge in [0.2, 0.25) is 0 Å². The molecule has 1 amide bonds. The first-order valence-electron chi connectivity index (χ1n) is 12.5. The summed E-state index contributed by atoms with van der Waals surface area (Å²) in [5, 5.41) is 4.28. The Balaban J connectivity index is 1.47. The van der Waals surface area contributed by atoms with Crippen LogP contribution in [0.4, 0.5) is 0 Å². The molecule has 0 bridgehead atoms. The first kappa shape index (κ1) is 24.4. The molecule has 1 fully saturated rings. The monoisotopic (exact) mass is 502 g/mol. The fourth-order valence-corrected chi connectivity index (χ4v) is 7.00. The molecule has 3 aromatic rings. The van der Waals surface area contributed by atoms with Crippen LogP contribution in [0, 0.1) is 12.8 Å². The zero-order valence-electron chi connectivity index (χ0n) is 20.6. The molecule has 2 aromatic carbocycles. The number of benzene rings is 2. The molecule has 186 valence electrons. The Morgan fingerprint density at radius 3 is 2.53 bits per heavy atom. The fraction of sp³-hybridized carbons (Fsp3) is 0.345. The van der Waals surface area contributed by atoms with Gasteiger partial charge >= 0.3 is 5.97 Å². The smallest absolute Gasteiger partial charge is 0.336 e. The van der Waals surface area contributed by atoms with Crippen LogP contribution in [0.15, 0.2) is 65.2 Å². The third-order valence-electron chi connectivity index (χ3n) is 7.16. The average Bonchev–Trinajstić information content (AvgIpc) is 3.39. The number of hydrogen-bond donors (Lipinski definition) is 1. The first-order chi connectivity index (χ1) is 17.5.